The Bertz CT molecular complexity index is 746. The molecule has 1 aromatic heterocycles. The zero-order chi connectivity index (χ0) is 15.6. The number of para-hydroxylation sites is 2. The molecule has 0 radical (unpaired) electrons. The molecule has 0 amide bonds. The normalized spacial score (nSPS) is 11.4. The molecular formula is C13H13BrClNO3S2. The maximum absolute atomic E-state index is 12.8. The number of alkyl halides is 1. The molecule has 1 heterocycles. The van der Waals surface area contributed by atoms with Crippen LogP contribution in [0.5, 0.6) is 5.75 Å². The first-order chi connectivity index (χ1) is 9.91. The van der Waals surface area contributed by atoms with Crippen molar-refractivity contribution in [2.45, 2.75) is 10.8 Å². The molecule has 114 valence electrons. The Morgan fingerprint density at radius 3 is 2.62 bits per heavy atom. The van der Waals surface area contributed by atoms with Gasteiger partial charge < -0.3 is 4.74 Å². The topological polar surface area (TPSA) is 46.6 Å². The van der Waals surface area contributed by atoms with Crippen molar-refractivity contribution in [1.29, 1.82) is 0 Å². The third kappa shape index (κ3) is 3.21. The number of benzene rings is 1. The van der Waals surface area contributed by atoms with Crippen LogP contribution < -0.4 is 9.04 Å². The summed E-state index contributed by atoms with van der Waals surface area (Å²) >= 11 is 10.4. The predicted octanol–water partition coefficient (Wildman–Crippen LogP) is 4.08. The van der Waals surface area contributed by atoms with Gasteiger partial charge in [-0.25, -0.2) is 8.42 Å². The van der Waals surface area contributed by atoms with Crippen molar-refractivity contribution < 1.29 is 13.2 Å². The van der Waals surface area contributed by atoms with Crippen LogP contribution >= 0.6 is 38.9 Å². The molecular weight excluding hydrogens is 398 g/mol. The standard InChI is InChI=1S/C13H13BrClNO3S2/c1-16(10-5-3-4-6-11(10)19-2)21(17,18)12-7-9(8-15)20-13(12)14/h3-7H,8H2,1-2H3. The van der Waals surface area contributed by atoms with E-state index in [2.05, 4.69) is 15.9 Å². The monoisotopic (exact) mass is 409 g/mol. The fourth-order valence-electron chi connectivity index (χ4n) is 1.81. The van der Waals surface area contributed by atoms with Crippen LogP contribution in [0.3, 0.4) is 0 Å². The molecule has 0 aliphatic rings. The van der Waals surface area contributed by atoms with Crippen LogP contribution in [0.25, 0.3) is 0 Å². The highest BCUT2D eigenvalue weighted by atomic mass is 79.9. The Balaban J connectivity index is 2.50. The van der Waals surface area contributed by atoms with Gasteiger partial charge in [-0.2, -0.15) is 0 Å². The number of thiophene rings is 1. The minimum absolute atomic E-state index is 0.205. The molecule has 0 saturated heterocycles. The largest absolute Gasteiger partial charge is 0.495 e. The van der Waals surface area contributed by atoms with Gasteiger partial charge in [0, 0.05) is 11.9 Å². The summed E-state index contributed by atoms with van der Waals surface area (Å²) in [5.74, 6) is 0.768. The molecule has 1 aromatic carbocycles. The lowest BCUT2D eigenvalue weighted by molar-refractivity contribution is 0.416. The summed E-state index contributed by atoms with van der Waals surface area (Å²) in [6, 6.07) is 8.54. The van der Waals surface area contributed by atoms with Gasteiger partial charge >= 0.3 is 0 Å². The highest BCUT2D eigenvalue weighted by molar-refractivity contribution is 9.11. The molecule has 4 nitrogen and oxygen atoms in total. The second-order valence-corrected chi connectivity index (χ2v) is 8.79. The summed E-state index contributed by atoms with van der Waals surface area (Å²) in [6.45, 7) is 0. The van der Waals surface area contributed by atoms with Crippen molar-refractivity contribution in [2.24, 2.45) is 0 Å². The van der Waals surface area contributed by atoms with E-state index in [1.165, 1.54) is 29.8 Å². The zero-order valence-electron chi connectivity index (χ0n) is 11.3. The number of anilines is 1. The summed E-state index contributed by atoms with van der Waals surface area (Å²) in [7, 11) is -0.683. The van der Waals surface area contributed by atoms with Gasteiger partial charge in [0.25, 0.3) is 10.0 Å². The lowest BCUT2D eigenvalue weighted by Gasteiger charge is -2.21. The molecule has 0 atom stereocenters. The highest BCUT2D eigenvalue weighted by Crippen LogP contribution is 2.37. The molecule has 0 fully saturated rings. The number of sulfonamides is 1. The molecule has 0 bridgehead atoms. The summed E-state index contributed by atoms with van der Waals surface area (Å²) in [6.07, 6.45) is 0. The molecule has 0 aliphatic heterocycles. The quantitative estimate of drug-likeness (QED) is 0.698. The summed E-state index contributed by atoms with van der Waals surface area (Å²) in [5, 5.41) is 0. The molecule has 2 aromatic rings. The van der Waals surface area contributed by atoms with Crippen LogP contribution in [-0.2, 0) is 15.9 Å². The highest BCUT2D eigenvalue weighted by Gasteiger charge is 2.27. The maximum atomic E-state index is 12.8. The van der Waals surface area contributed by atoms with Crippen LogP contribution in [-0.4, -0.2) is 22.6 Å². The Morgan fingerprint density at radius 1 is 1.38 bits per heavy atom. The number of nitrogens with zero attached hydrogens (tertiary/aromatic N) is 1. The Hall–Kier alpha value is -0.760. The summed E-state index contributed by atoms with van der Waals surface area (Å²) < 4.78 is 32.5. The zero-order valence-corrected chi connectivity index (χ0v) is 15.3. The van der Waals surface area contributed by atoms with E-state index >= 15 is 0 Å². The van der Waals surface area contributed by atoms with Crippen molar-refractivity contribution >= 4 is 54.6 Å². The van der Waals surface area contributed by atoms with Crippen LogP contribution in [0.4, 0.5) is 5.69 Å². The first-order valence-corrected chi connectivity index (χ1v) is 9.46. The number of rotatable bonds is 5. The lowest BCUT2D eigenvalue weighted by atomic mass is 10.3. The van der Waals surface area contributed by atoms with Gasteiger partial charge in [0.1, 0.15) is 10.6 Å². The first kappa shape index (κ1) is 16.6. The SMILES string of the molecule is COc1ccccc1N(C)S(=O)(=O)c1cc(CCl)sc1Br. The van der Waals surface area contributed by atoms with Gasteiger partial charge in [0.05, 0.1) is 22.5 Å². The second kappa shape index (κ2) is 6.56. The fraction of sp³-hybridized carbons (Fsp3) is 0.231. The van der Waals surface area contributed by atoms with Crippen molar-refractivity contribution in [2.75, 3.05) is 18.5 Å². The van der Waals surface area contributed by atoms with Gasteiger partial charge in [0.15, 0.2) is 0 Å². The van der Waals surface area contributed by atoms with Crippen molar-refractivity contribution in [3.8, 4) is 5.75 Å². The Morgan fingerprint density at radius 2 is 2.05 bits per heavy atom. The number of ether oxygens (including phenoxy) is 1. The van der Waals surface area contributed by atoms with E-state index in [9.17, 15) is 8.42 Å². The van der Waals surface area contributed by atoms with Crippen molar-refractivity contribution in [1.82, 2.24) is 0 Å². The molecule has 0 spiro atoms. The maximum Gasteiger partial charge on any atom is 0.266 e. The molecule has 8 heteroatoms. The van der Waals surface area contributed by atoms with Crippen LogP contribution in [0.1, 0.15) is 4.88 Å². The van der Waals surface area contributed by atoms with E-state index in [4.69, 9.17) is 16.3 Å². The van der Waals surface area contributed by atoms with E-state index < -0.39 is 10.0 Å². The summed E-state index contributed by atoms with van der Waals surface area (Å²) in [4.78, 5) is 0.993. The number of hydrogen-bond donors (Lipinski definition) is 0. The van der Waals surface area contributed by atoms with E-state index in [0.29, 0.717) is 15.2 Å². The molecule has 0 N–H and O–H groups in total. The van der Waals surface area contributed by atoms with Gasteiger partial charge in [-0.05, 0) is 34.1 Å². The number of hydrogen-bond acceptors (Lipinski definition) is 4. The predicted molar refractivity (Wildman–Crippen MR) is 90.2 cm³/mol. The van der Waals surface area contributed by atoms with Crippen LogP contribution in [0.15, 0.2) is 39.0 Å². The molecule has 21 heavy (non-hydrogen) atoms. The van der Waals surface area contributed by atoms with Crippen molar-refractivity contribution in [3.63, 3.8) is 0 Å². The van der Waals surface area contributed by atoms with Crippen LogP contribution in [0, 0.1) is 0 Å². The minimum atomic E-state index is -3.69. The second-order valence-electron chi connectivity index (χ2n) is 4.13. The van der Waals surface area contributed by atoms with E-state index in [1.54, 1.807) is 30.3 Å². The Labute approximate surface area is 141 Å². The number of halogens is 2. The van der Waals surface area contributed by atoms with E-state index in [-0.39, 0.29) is 10.8 Å². The van der Waals surface area contributed by atoms with Crippen LogP contribution in [0.2, 0.25) is 0 Å². The third-order valence-corrected chi connectivity index (χ3v) is 7.37. The van der Waals surface area contributed by atoms with Gasteiger partial charge in [-0.3, -0.25) is 4.31 Å². The number of methoxy groups -OCH3 is 1. The Kier molecular flexibility index (Phi) is 5.19. The van der Waals surface area contributed by atoms with E-state index in [0.717, 1.165) is 4.88 Å². The smallest absolute Gasteiger partial charge is 0.266 e. The van der Waals surface area contributed by atoms with E-state index in [1.807, 2.05) is 0 Å². The summed E-state index contributed by atoms with van der Waals surface area (Å²) in [5.41, 5.74) is 0.477. The fourth-order valence-corrected chi connectivity index (χ4v) is 5.73. The average molecular weight is 411 g/mol. The molecule has 0 unspecified atom stereocenters. The van der Waals surface area contributed by atoms with Crippen molar-refractivity contribution in [3.05, 3.63) is 39.0 Å². The lowest BCUT2D eigenvalue weighted by Crippen LogP contribution is -2.26. The third-order valence-electron chi connectivity index (χ3n) is 2.90. The minimum Gasteiger partial charge on any atom is -0.495 e. The van der Waals surface area contributed by atoms with Gasteiger partial charge in [-0.15, -0.1) is 22.9 Å². The van der Waals surface area contributed by atoms with Gasteiger partial charge in [-0.1, -0.05) is 12.1 Å². The average Bonchev–Trinajstić information content (AvgIpc) is 2.88. The molecule has 0 aliphatic carbocycles. The molecule has 0 saturated carbocycles. The molecule has 2 rings (SSSR count). The van der Waals surface area contributed by atoms with Gasteiger partial charge in [0.2, 0.25) is 0 Å². The first-order valence-electron chi connectivity index (χ1n) is 5.88.